The standard InChI is InChI=1S/C50H42N4/c1-6-33-10-18-39(19-11-33)53(41-22-14-35(32-51)15-23-41)47-30-36(8-3)43-27-29-46-48(31-37(9-4)44-26-28-45(47)49(43)50(44)46)54(40-20-12-34(7-2)13-21-40)42-24-16-38(52-5)17-25-42/h10-31H,6-9H2,1-4H3. The lowest BCUT2D eigenvalue weighted by molar-refractivity contribution is 1.13. The third-order valence-corrected chi connectivity index (χ3v) is 11.0. The van der Waals surface area contributed by atoms with E-state index in [0.717, 1.165) is 59.8 Å². The predicted molar refractivity (Wildman–Crippen MR) is 228 cm³/mol. The van der Waals surface area contributed by atoms with E-state index in [1.807, 2.05) is 24.3 Å². The molecule has 0 radical (unpaired) electrons. The van der Waals surface area contributed by atoms with Crippen molar-refractivity contribution in [1.82, 2.24) is 0 Å². The molecule has 0 saturated carbocycles. The van der Waals surface area contributed by atoms with E-state index in [0.29, 0.717) is 11.3 Å². The van der Waals surface area contributed by atoms with Gasteiger partial charge >= 0.3 is 0 Å². The summed E-state index contributed by atoms with van der Waals surface area (Å²) in [6.07, 6.45) is 3.72. The van der Waals surface area contributed by atoms with Gasteiger partial charge in [0.15, 0.2) is 5.69 Å². The first kappa shape index (κ1) is 34.5. The van der Waals surface area contributed by atoms with Gasteiger partial charge in [0.1, 0.15) is 0 Å². The molecule has 0 saturated heterocycles. The van der Waals surface area contributed by atoms with Crippen molar-refractivity contribution in [1.29, 1.82) is 5.26 Å². The SMILES string of the molecule is [C-]#[N+]c1ccc(N(c2ccc(CC)cc2)c2cc(CC)c3ccc4c(N(c5ccc(C#N)cc5)c5ccc(CC)cc5)cc(CC)c5ccc2c3c54)cc1. The monoisotopic (exact) mass is 698 g/mol. The number of hydrogen-bond donors (Lipinski definition) is 0. The molecule has 0 N–H and O–H groups in total. The van der Waals surface area contributed by atoms with Crippen LogP contribution in [0.5, 0.6) is 0 Å². The van der Waals surface area contributed by atoms with Crippen LogP contribution >= 0.6 is 0 Å². The highest BCUT2D eigenvalue weighted by molar-refractivity contribution is 6.29. The molecule has 0 heterocycles. The molecule has 0 spiro atoms. The summed E-state index contributed by atoms with van der Waals surface area (Å²) in [5.41, 5.74) is 12.9. The van der Waals surface area contributed by atoms with E-state index in [1.54, 1.807) is 0 Å². The Morgan fingerprint density at radius 2 is 0.852 bits per heavy atom. The van der Waals surface area contributed by atoms with Crippen LogP contribution in [0.3, 0.4) is 0 Å². The van der Waals surface area contributed by atoms with Gasteiger partial charge < -0.3 is 9.80 Å². The summed E-state index contributed by atoms with van der Waals surface area (Å²) in [5.74, 6) is 0. The van der Waals surface area contributed by atoms with Crippen LogP contribution in [0.4, 0.5) is 39.8 Å². The van der Waals surface area contributed by atoms with Crippen molar-refractivity contribution in [3.05, 3.63) is 173 Å². The highest BCUT2D eigenvalue weighted by atomic mass is 15.1. The van der Waals surface area contributed by atoms with Crippen molar-refractivity contribution in [2.45, 2.75) is 53.4 Å². The Morgan fingerprint density at radius 1 is 0.481 bits per heavy atom. The molecular formula is C50H42N4. The van der Waals surface area contributed by atoms with Gasteiger partial charge in [0.2, 0.25) is 0 Å². The predicted octanol–water partition coefficient (Wildman–Crippen LogP) is 14.2. The zero-order chi connectivity index (χ0) is 37.3. The van der Waals surface area contributed by atoms with Gasteiger partial charge in [-0.1, -0.05) is 88.4 Å². The molecule has 0 aliphatic heterocycles. The molecule has 8 aromatic carbocycles. The van der Waals surface area contributed by atoms with Crippen LogP contribution < -0.4 is 9.80 Å². The van der Waals surface area contributed by atoms with Crippen molar-refractivity contribution in [2.75, 3.05) is 9.80 Å². The number of aryl methyl sites for hydroxylation is 4. The third kappa shape index (κ3) is 5.87. The molecule has 0 bridgehead atoms. The van der Waals surface area contributed by atoms with Gasteiger partial charge in [-0.25, -0.2) is 4.85 Å². The lowest BCUT2D eigenvalue weighted by Gasteiger charge is -2.31. The second-order valence-electron chi connectivity index (χ2n) is 13.9. The van der Waals surface area contributed by atoms with Crippen molar-refractivity contribution in [3.8, 4) is 6.07 Å². The summed E-state index contributed by atoms with van der Waals surface area (Å²) in [7, 11) is 0. The van der Waals surface area contributed by atoms with Crippen molar-refractivity contribution in [2.24, 2.45) is 0 Å². The van der Waals surface area contributed by atoms with E-state index < -0.39 is 0 Å². The Hall–Kier alpha value is -6.62. The van der Waals surface area contributed by atoms with E-state index in [-0.39, 0.29) is 0 Å². The fraction of sp³-hybridized carbons (Fsp3) is 0.160. The van der Waals surface area contributed by atoms with Crippen LogP contribution in [0.1, 0.15) is 55.5 Å². The Kier molecular flexibility index (Phi) is 9.20. The first-order valence-electron chi connectivity index (χ1n) is 19.0. The average Bonchev–Trinajstić information content (AvgIpc) is 3.24. The van der Waals surface area contributed by atoms with Crippen LogP contribution in [0.15, 0.2) is 133 Å². The lowest BCUT2D eigenvalue weighted by atomic mass is 9.86. The van der Waals surface area contributed by atoms with Crippen molar-refractivity contribution < 1.29 is 0 Å². The van der Waals surface area contributed by atoms with Gasteiger partial charge in [-0.2, -0.15) is 5.26 Å². The van der Waals surface area contributed by atoms with Crippen molar-refractivity contribution in [3.63, 3.8) is 0 Å². The third-order valence-electron chi connectivity index (χ3n) is 11.0. The van der Waals surface area contributed by atoms with Gasteiger partial charge in [0.25, 0.3) is 0 Å². The minimum Gasteiger partial charge on any atom is -0.310 e. The summed E-state index contributed by atoms with van der Waals surface area (Å²) in [4.78, 5) is 8.40. The van der Waals surface area contributed by atoms with E-state index in [2.05, 4.69) is 158 Å². The number of anilines is 6. The molecule has 54 heavy (non-hydrogen) atoms. The Balaban J connectivity index is 1.45. The molecule has 262 valence electrons. The van der Waals surface area contributed by atoms with Crippen LogP contribution in [-0.2, 0) is 25.7 Å². The highest BCUT2D eigenvalue weighted by Gasteiger charge is 2.24. The minimum absolute atomic E-state index is 0.625. The average molecular weight is 699 g/mol. The summed E-state index contributed by atoms with van der Waals surface area (Å²) in [6.45, 7) is 16.5. The van der Waals surface area contributed by atoms with Crippen LogP contribution in [0.2, 0.25) is 0 Å². The van der Waals surface area contributed by atoms with E-state index in [4.69, 9.17) is 6.57 Å². The maximum absolute atomic E-state index is 9.64. The second-order valence-corrected chi connectivity index (χ2v) is 13.9. The molecule has 0 fully saturated rings. The zero-order valence-electron chi connectivity index (χ0n) is 31.3. The van der Waals surface area contributed by atoms with Gasteiger partial charge in [0, 0.05) is 33.5 Å². The largest absolute Gasteiger partial charge is 0.310 e. The topological polar surface area (TPSA) is 34.6 Å². The quantitative estimate of drug-likeness (QED) is 0.105. The van der Waals surface area contributed by atoms with E-state index in [9.17, 15) is 5.26 Å². The molecular weight excluding hydrogens is 657 g/mol. The summed E-state index contributed by atoms with van der Waals surface area (Å²) >= 11 is 0. The number of hydrogen-bond acceptors (Lipinski definition) is 3. The molecule has 8 aromatic rings. The number of nitrogens with zero attached hydrogens (tertiary/aromatic N) is 4. The highest BCUT2D eigenvalue weighted by Crippen LogP contribution is 2.49. The molecule has 0 aliphatic carbocycles. The summed E-state index contributed by atoms with van der Waals surface area (Å²) in [5, 5.41) is 17.1. The molecule has 4 heteroatoms. The molecule has 0 aliphatic rings. The van der Waals surface area contributed by atoms with Gasteiger partial charge in [-0.05, 0) is 142 Å². The first-order chi connectivity index (χ1) is 26.5. The summed E-state index contributed by atoms with van der Waals surface area (Å²) in [6, 6.07) is 50.0. The van der Waals surface area contributed by atoms with E-state index in [1.165, 1.54) is 54.6 Å². The minimum atomic E-state index is 0.625. The van der Waals surface area contributed by atoms with Crippen molar-refractivity contribution >= 4 is 72.1 Å². The van der Waals surface area contributed by atoms with Gasteiger partial charge in [0.05, 0.1) is 29.6 Å². The maximum Gasteiger partial charge on any atom is 0.187 e. The van der Waals surface area contributed by atoms with Crippen LogP contribution in [0.25, 0.3) is 37.2 Å². The maximum atomic E-state index is 9.64. The molecule has 0 aromatic heterocycles. The first-order valence-corrected chi connectivity index (χ1v) is 19.0. The van der Waals surface area contributed by atoms with Crippen LogP contribution in [0, 0.1) is 17.9 Å². The normalized spacial score (nSPS) is 11.2. The zero-order valence-corrected chi connectivity index (χ0v) is 31.3. The Morgan fingerprint density at radius 3 is 1.20 bits per heavy atom. The fourth-order valence-electron chi connectivity index (χ4n) is 8.03. The second kappa shape index (κ2) is 14.4. The smallest absolute Gasteiger partial charge is 0.187 e. The summed E-state index contributed by atoms with van der Waals surface area (Å²) < 4.78 is 0. The van der Waals surface area contributed by atoms with E-state index >= 15 is 0 Å². The van der Waals surface area contributed by atoms with Gasteiger partial charge in [-0.15, -0.1) is 0 Å². The Bertz CT molecular complexity index is 2500. The lowest BCUT2D eigenvalue weighted by Crippen LogP contribution is -2.12. The number of rotatable bonds is 10. The molecule has 0 amide bonds. The fourth-order valence-corrected chi connectivity index (χ4v) is 8.03. The molecule has 0 unspecified atom stereocenters. The Labute approximate surface area is 318 Å². The molecule has 8 rings (SSSR count). The number of nitriles is 1. The number of benzene rings is 8. The molecule has 0 atom stereocenters. The van der Waals surface area contributed by atoms with Crippen LogP contribution in [-0.4, -0.2) is 0 Å². The van der Waals surface area contributed by atoms with Gasteiger partial charge in [-0.3, -0.25) is 0 Å². The molecule has 4 nitrogen and oxygen atoms in total.